The molecule has 0 spiro atoms. The maximum Gasteiger partial charge on any atom is 0.135 e. The number of furan rings is 1. The van der Waals surface area contributed by atoms with Crippen LogP contribution in [0.25, 0.3) is 77.2 Å². The summed E-state index contributed by atoms with van der Waals surface area (Å²) in [7, 11) is 0. The van der Waals surface area contributed by atoms with Crippen LogP contribution in [-0.2, 0) is 0 Å². The van der Waals surface area contributed by atoms with Gasteiger partial charge >= 0.3 is 0 Å². The first-order chi connectivity index (χ1) is 20.8. The standard InChI is InChI=1S/C40H24OS/c1-3-13-36-31(9-1)35-24-28(19-21-37(35)41-36)26-17-15-25(16-18-26)27-7-5-8-29(23-27)30-20-22-39-40-33(30)11-6-12-34(40)32-10-2-4-14-38(32)42-39/h1-24H. The van der Waals surface area contributed by atoms with Gasteiger partial charge in [-0.25, -0.2) is 0 Å². The molecule has 0 unspecified atom stereocenters. The molecule has 1 aliphatic heterocycles. The number of benzene rings is 7. The quantitative estimate of drug-likeness (QED) is 0.216. The average molecular weight is 553 g/mol. The van der Waals surface area contributed by atoms with Crippen molar-refractivity contribution in [3.8, 4) is 44.5 Å². The van der Waals surface area contributed by atoms with E-state index in [0.29, 0.717) is 0 Å². The molecule has 8 aromatic rings. The van der Waals surface area contributed by atoms with Crippen LogP contribution in [0.1, 0.15) is 0 Å². The molecular formula is C40H24OS. The fraction of sp³-hybridized carbons (Fsp3) is 0. The Hall–Kier alpha value is -5.05. The molecule has 0 radical (unpaired) electrons. The summed E-state index contributed by atoms with van der Waals surface area (Å²) in [5, 5.41) is 4.98. The zero-order chi connectivity index (χ0) is 27.6. The van der Waals surface area contributed by atoms with Crippen LogP contribution in [0, 0.1) is 0 Å². The van der Waals surface area contributed by atoms with Crippen LogP contribution in [0.4, 0.5) is 0 Å². The highest BCUT2D eigenvalue weighted by molar-refractivity contribution is 7.99. The van der Waals surface area contributed by atoms with Crippen LogP contribution in [0.3, 0.4) is 0 Å². The van der Waals surface area contributed by atoms with E-state index in [1.54, 1.807) is 0 Å². The van der Waals surface area contributed by atoms with E-state index in [-0.39, 0.29) is 0 Å². The van der Waals surface area contributed by atoms with E-state index in [2.05, 4.69) is 133 Å². The lowest BCUT2D eigenvalue weighted by atomic mass is 9.91. The highest BCUT2D eigenvalue weighted by Gasteiger charge is 2.20. The van der Waals surface area contributed by atoms with Gasteiger partial charge in [0.05, 0.1) is 0 Å². The van der Waals surface area contributed by atoms with Crippen LogP contribution in [0.15, 0.2) is 160 Å². The molecule has 0 bridgehead atoms. The normalized spacial score (nSPS) is 12.2. The van der Waals surface area contributed by atoms with Crippen molar-refractivity contribution >= 4 is 44.5 Å². The Kier molecular flexibility index (Phi) is 5.20. The van der Waals surface area contributed by atoms with Crippen LogP contribution in [0.5, 0.6) is 0 Å². The number of hydrogen-bond acceptors (Lipinski definition) is 2. The van der Waals surface area contributed by atoms with Gasteiger partial charge in [0.25, 0.3) is 0 Å². The van der Waals surface area contributed by atoms with E-state index >= 15 is 0 Å². The van der Waals surface area contributed by atoms with Crippen LogP contribution >= 0.6 is 11.8 Å². The third-order valence-corrected chi connectivity index (χ3v) is 9.64. The lowest BCUT2D eigenvalue weighted by Crippen LogP contribution is -1.94. The third-order valence-electron chi connectivity index (χ3n) is 8.50. The molecule has 2 heteroatoms. The summed E-state index contributed by atoms with van der Waals surface area (Å²) in [6.07, 6.45) is 0. The van der Waals surface area contributed by atoms with Gasteiger partial charge in [0.15, 0.2) is 0 Å². The average Bonchev–Trinajstić information content (AvgIpc) is 3.43. The summed E-state index contributed by atoms with van der Waals surface area (Å²) in [6, 6.07) is 52.6. The molecule has 1 aromatic heterocycles. The lowest BCUT2D eigenvalue weighted by Gasteiger charge is -2.21. The Morgan fingerprint density at radius 3 is 1.93 bits per heavy atom. The molecule has 9 rings (SSSR count). The topological polar surface area (TPSA) is 13.1 Å². The second kappa shape index (κ2) is 9.24. The highest BCUT2D eigenvalue weighted by Crippen LogP contribution is 2.49. The molecule has 1 aliphatic rings. The molecular weight excluding hydrogens is 529 g/mol. The molecule has 0 saturated carbocycles. The zero-order valence-corrected chi connectivity index (χ0v) is 23.5. The molecule has 196 valence electrons. The van der Waals surface area contributed by atoms with Gasteiger partial charge in [-0.2, -0.15) is 0 Å². The van der Waals surface area contributed by atoms with Crippen LogP contribution in [0.2, 0.25) is 0 Å². The minimum absolute atomic E-state index is 0.926. The Morgan fingerprint density at radius 1 is 0.357 bits per heavy atom. The minimum atomic E-state index is 0.926. The van der Waals surface area contributed by atoms with Crippen molar-refractivity contribution in [3.63, 3.8) is 0 Å². The molecule has 0 saturated heterocycles. The van der Waals surface area contributed by atoms with Crippen LogP contribution < -0.4 is 0 Å². The van der Waals surface area contributed by atoms with E-state index in [9.17, 15) is 0 Å². The molecule has 42 heavy (non-hydrogen) atoms. The van der Waals surface area contributed by atoms with Crippen molar-refractivity contribution in [2.24, 2.45) is 0 Å². The van der Waals surface area contributed by atoms with Crippen molar-refractivity contribution in [1.29, 1.82) is 0 Å². The fourth-order valence-electron chi connectivity index (χ4n) is 6.46. The SMILES string of the molecule is c1cc(-c2ccc(-c3ccc4oc5ccccc5c4c3)cc2)cc(-c2ccc3c4c(cccc24)-c2ccccc2S3)c1. The van der Waals surface area contributed by atoms with E-state index in [0.717, 1.165) is 21.9 Å². The van der Waals surface area contributed by atoms with Gasteiger partial charge in [0.1, 0.15) is 11.2 Å². The van der Waals surface area contributed by atoms with E-state index in [1.807, 2.05) is 23.9 Å². The summed E-state index contributed by atoms with van der Waals surface area (Å²) in [6.45, 7) is 0. The summed E-state index contributed by atoms with van der Waals surface area (Å²) in [5.74, 6) is 0. The number of rotatable bonds is 3. The highest BCUT2D eigenvalue weighted by atomic mass is 32.2. The van der Waals surface area contributed by atoms with Gasteiger partial charge < -0.3 is 4.42 Å². The second-order valence-electron chi connectivity index (χ2n) is 10.9. The monoisotopic (exact) mass is 552 g/mol. The van der Waals surface area contributed by atoms with Gasteiger partial charge in [-0.05, 0) is 86.3 Å². The maximum absolute atomic E-state index is 6.03. The molecule has 7 aromatic carbocycles. The predicted molar refractivity (Wildman–Crippen MR) is 177 cm³/mol. The van der Waals surface area contributed by atoms with Crippen molar-refractivity contribution in [3.05, 3.63) is 146 Å². The van der Waals surface area contributed by atoms with Gasteiger partial charge in [0, 0.05) is 25.9 Å². The predicted octanol–water partition coefficient (Wildman–Crippen LogP) is 11.9. The van der Waals surface area contributed by atoms with Gasteiger partial charge in [-0.1, -0.05) is 121 Å². The number of para-hydroxylation sites is 1. The largest absolute Gasteiger partial charge is 0.456 e. The fourth-order valence-corrected chi connectivity index (χ4v) is 7.59. The maximum atomic E-state index is 6.03. The lowest BCUT2D eigenvalue weighted by molar-refractivity contribution is 0.669. The third kappa shape index (κ3) is 3.66. The first-order valence-corrected chi connectivity index (χ1v) is 15.1. The Labute approximate surface area is 248 Å². The summed E-state index contributed by atoms with van der Waals surface area (Å²) in [5.41, 5.74) is 11.8. The molecule has 0 atom stereocenters. The van der Waals surface area contributed by atoms with E-state index < -0.39 is 0 Å². The van der Waals surface area contributed by atoms with Crippen molar-refractivity contribution in [1.82, 2.24) is 0 Å². The Morgan fingerprint density at radius 2 is 1.02 bits per heavy atom. The van der Waals surface area contributed by atoms with Crippen molar-refractivity contribution in [2.75, 3.05) is 0 Å². The summed E-state index contributed by atoms with van der Waals surface area (Å²) >= 11 is 1.87. The second-order valence-corrected chi connectivity index (χ2v) is 12.0. The molecule has 1 nitrogen and oxygen atoms in total. The van der Waals surface area contributed by atoms with E-state index in [4.69, 9.17) is 4.42 Å². The number of hydrogen-bond donors (Lipinski definition) is 0. The molecule has 0 fully saturated rings. The zero-order valence-electron chi connectivity index (χ0n) is 22.7. The van der Waals surface area contributed by atoms with Gasteiger partial charge in [-0.3, -0.25) is 0 Å². The summed E-state index contributed by atoms with van der Waals surface area (Å²) < 4.78 is 6.03. The van der Waals surface area contributed by atoms with Gasteiger partial charge in [0.2, 0.25) is 0 Å². The Bertz CT molecular complexity index is 2320. The molecule has 2 heterocycles. The van der Waals surface area contributed by atoms with Crippen LogP contribution in [-0.4, -0.2) is 0 Å². The molecule has 0 aliphatic carbocycles. The number of fused-ring (bicyclic) bond motifs is 5. The van der Waals surface area contributed by atoms with Crippen molar-refractivity contribution in [2.45, 2.75) is 9.79 Å². The Balaban J connectivity index is 1.09. The smallest absolute Gasteiger partial charge is 0.135 e. The first-order valence-electron chi connectivity index (χ1n) is 14.3. The van der Waals surface area contributed by atoms with Gasteiger partial charge in [-0.15, -0.1) is 0 Å². The van der Waals surface area contributed by atoms with E-state index in [1.165, 1.54) is 65.1 Å². The molecule has 0 amide bonds. The van der Waals surface area contributed by atoms with Crippen molar-refractivity contribution < 1.29 is 4.42 Å². The summed E-state index contributed by atoms with van der Waals surface area (Å²) in [4.78, 5) is 2.66. The minimum Gasteiger partial charge on any atom is -0.456 e. The molecule has 0 N–H and O–H groups in total. The first kappa shape index (κ1) is 23.6.